The topological polar surface area (TPSA) is 29.1 Å². The molecule has 2 unspecified atom stereocenters. The Morgan fingerprint density at radius 2 is 2.16 bits per heavy atom. The summed E-state index contributed by atoms with van der Waals surface area (Å²) in [7, 11) is 0. The van der Waals surface area contributed by atoms with E-state index >= 15 is 0 Å². The average Bonchev–Trinajstić information content (AvgIpc) is 2.38. The number of nitrogens with one attached hydrogen (secondary N) is 1. The van der Waals surface area contributed by atoms with Crippen molar-refractivity contribution in [3.8, 4) is 0 Å². The second kappa shape index (κ2) is 7.30. The van der Waals surface area contributed by atoms with E-state index in [4.69, 9.17) is 11.6 Å². The number of rotatable bonds is 4. The van der Waals surface area contributed by atoms with E-state index in [9.17, 15) is 4.79 Å². The monoisotopic (exact) mass is 343 g/mol. The van der Waals surface area contributed by atoms with Gasteiger partial charge >= 0.3 is 0 Å². The molecular formula is C15H19BrClNO. The minimum Gasteiger partial charge on any atom is -0.355 e. The Balaban J connectivity index is 1.78. The highest BCUT2D eigenvalue weighted by Gasteiger charge is 2.23. The lowest BCUT2D eigenvalue weighted by Crippen LogP contribution is -2.35. The fraction of sp³-hybridized carbons (Fsp3) is 0.533. The lowest BCUT2D eigenvalue weighted by molar-refractivity contribution is -0.120. The van der Waals surface area contributed by atoms with Crippen LogP contribution in [0.2, 0.25) is 0 Å². The van der Waals surface area contributed by atoms with E-state index in [-0.39, 0.29) is 11.3 Å². The molecule has 4 heteroatoms. The minimum absolute atomic E-state index is 0.0764. The normalized spacial score (nSPS) is 23.1. The predicted octanol–water partition coefficient (Wildman–Crippen LogP) is 3.91. The molecule has 1 saturated carbocycles. The van der Waals surface area contributed by atoms with E-state index in [0.29, 0.717) is 18.9 Å². The first kappa shape index (κ1) is 14.9. The van der Waals surface area contributed by atoms with Crippen LogP contribution in [-0.4, -0.2) is 17.8 Å². The molecule has 1 aromatic rings. The Kier molecular flexibility index (Phi) is 5.71. The van der Waals surface area contributed by atoms with Crippen molar-refractivity contribution in [3.05, 3.63) is 34.3 Å². The molecule has 19 heavy (non-hydrogen) atoms. The molecular weight excluding hydrogens is 326 g/mol. The maximum Gasteiger partial charge on any atom is 0.224 e. The molecule has 1 N–H and O–H groups in total. The Bertz CT molecular complexity index is 438. The summed E-state index contributed by atoms with van der Waals surface area (Å²) in [6, 6.07) is 7.85. The van der Waals surface area contributed by atoms with Gasteiger partial charge in [0.05, 0.1) is 6.42 Å². The molecule has 2 nitrogen and oxygen atoms in total. The van der Waals surface area contributed by atoms with Gasteiger partial charge < -0.3 is 5.32 Å². The Morgan fingerprint density at radius 1 is 1.37 bits per heavy atom. The Morgan fingerprint density at radius 3 is 2.89 bits per heavy atom. The van der Waals surface area contributed by atoms with E-state index in [1.165, 1.54) is 12.8 Å². The van der Waals surface area contributed by atoms with Crippen molar-refractivity contribution >= 4 is 33.4 Å². The fourth-order valence-electron chi connectivity index (χ4n) is 2.53. The zero-order valence-electron chi connectivity index (χ0n) is 10.9. The van der Waals surface area contributed by atoms with Crippen LogP contribution in [-0.2, 0) is 11.2 Å². The smallest absolute Gasteiger partial charge is 0.224 e. The molecule has 0 bridgehead atoms. The number of hydrogen-bond donors (Lipinski definition) is 1. The summed E-state index contributed by atoms with van der Waals surface area (Å²) in [5.41, 5.74) is 1.03. The summed E-state index contributed by atoms with van der Waals surface area (Å²) in [5, 5.41) is 3.23. The van der Waals surface area contributed by atoms with Gasteiger partial charge in [0.1, 0.15) is 0 Å². The highest BCUT2D eigenvalue weighted by atomic mass is 79.9. The summed E-state index contributed by atoms with van der Waals surface area (Å²) in [6.45, 7) is 0.709. The first-order valence-electron chi connectivity index (χ1n) is 6.80. The number of alkyl halides is 1. The molecule has 0 saturated heterocycles. The highest BCUT2D eigenvalue weighted by molar-refractivity contribution is 9.10. The SMILES string of the molecule is O=C(Cc1cccc(Br)c1)NCC1CCCCC1Cl. The second-order valence-electron chi connectivity index (χ2n) is 5.17. The van der Waals surface area contributed by atoms with Crippen LogP contribution >= 0.6 is 27.5 Å². The second-order valence-corrected chi connectivity index (χ2v) is 6.65. The van der Waals surface area contributed by atoms with Crippen LogP contribution < -0.4 is 5.32 Å². The molecule has 2 rings (SSSR count). The van der Waals surface area contributed by atoms with Crippen LogP contribution in [0.5, 0.6) is 0 Å². The van der Waals surface area contributed by atoms with Gasteiger partial charge in [-0.1, -0.05) is 40.9 Å². The quantitative estimate of drug-likeness (QED) is 0.825. The van der Waals surface area contributed by atoms with Crippen LogP contribution in [0.4, 0.5) is 0 Å². The summed E-state index contributed by atoms with van der Waals surface area (Å²) >= 11 is 9.70. The van der Waals surface area contributed by atoms with E-state index < -0.39 is 0 Å². The standard InChI is InChI=1S/C15H19BrClNO/c16-13-6-3-4-11(8-13)9-15(19)18-10-12-5-1-2-7-14(12)17/h3-4,6,8,12,14H,1-2,5,7,9-10H2,(H,18,19). The Hall–Kier alpha value is -0.540. The molecule has 1 aliphatic rings. The zero-order valence-corrected chi connectivity index (χ0v) is 13.2. The highest BCUT2D eigenvalue weighted by Crippen LogP contribution is 2.27. The zero-order chi connectivity index (χ0) is 13.7. The van der Waals surface area contributed by atoms with Crippen molar-refractivity contribution in [2.24, 2.45) is 5.92 Å². The van der Waals surface area contributed by atoms with Gasteiger partial charge in [-0.25, -0.2) is 0 Å². The van der Waals surface area contributed by atoms with Gasteiger partial charge in [0.15, 0.2) is 0 Å². The first-order chi connectivity index (χ1) is 9.15. The molecule has 1 aromatic carbocycles. The van der Waals surface area contributed by atoms with Crippen molar-refractivity contribution in [1.82, 2.24) is 5.32 Å². The third-order valence-corrected chi connectivity index (χ3v) is 4.70. The van der Waals surface area contributed by atoms with Gasteiger partial charge in [0.2, 0.25) is 5.91 Å². The van der Waals surface area contributed by atoms with Crippen LogP contribution in [0, 0.1) is 5.92 Å². The number of amides is 1. The molecule has 0 radical (unpaired) electrons. The van der Waals surface area contributed by atoms with Crippen molar-refractivity contribution < 1.29 is 4.79 Å². The van der Waals surface area contributed by atoms with Crippen molar-refractivity contribution in [3.63, 3.8) is 0 Å². The maximum absolute atomic E-state index is 11.9. The number of carbonyl (C=O) groups excluding carboxylic acids is 1. The van der Waals surface area contributed by atoms with Gasteiger partial charge in [-0.3, -0.25) is 4.79 Å². The average molecular weight is 345 g/mol. The molecule has 104 valence electrons. The van der Waals surface area contributed by atoms with Gasteiger partial charge in [0.25, 0.3) is 0 Å². The molecule has 0 spiro atoms. The third-order valence-electron chi connectivity index (χ3n) is 3.63. The fourth-order valence-corrected chi connectivity index (χ4v) is 3.35. The van der Waals surface area contributed by atoms with Crippen molar-refractivity contribution in [2.75, 3.05) is 6.54 Å². The van der Waals surface area contributed by atoms with Crippen molar-refractivity contribution in [1.29, 1.82) is 0 Å². The largest absolute Gasteiger partial charge is 0.355 e. The number of benzene rings is 1. The summed E-state index contributed by atoms with van der Waals surface area (Å²) in [5.74, 6) is 0.509. The molecule has 2 atom stereocenters. The van der Waals surface area contributed by atoms with Crippen LogP contribution in [0.1, 0.15) is 31.2 Å². The maximum atomic E-state index is 11.9. The number of halogens is 2. The summed E-state index contributed by atoms with van der Waals surface area (Å²) < 4.78 is 1.01. The van der Waals surface area contributed by atoms with Gasteiger partial charge in [-0.2, -0.15) is 0 Å². The summed E-state index contributed by atoms with van der Waals surface area (Å²) in [4.78, 5) is 11.9. The van der Waals surface area contributed by atoms with Gasteiger partial charge in [0, 0.05) is 16.4 Å². The summed E-state index contributed by atoms with van der Waals surface area (Å²) in [6.07, 6.45) is 5.09. The van der Waals surface area contributed by atoms with Crippen LogP contribution in [0.25, 0.3) is 0 Å². The van der Waals surface area contributed by atoms with Crippen LogP contribution in [0.3, 0.4) is 0 Å². The first-order valence-corrected chi connectivity index (χ1v) is 8.03. The lowest BCUT2D eigenvalue weighted by atomic mass is 9.88. The predicted molar refractivity (Wildman–Crippen MR) is 82.5 cm³/mol. The molecule has 1 aliphatic carbocycles. The van der Waals surface area contributed by atoms with E-state index in [0.717, 1.165) is 22.9 Å². The molecule has 0 heterocycles. The number of carbonyl (C=O) groups is 1. The molecule has 1 fully saturated rings. The van der Waals surface area contributed by atoms with Gasteiger partial charge in [-0.15, -0.1) is 11.6 Å². The molecule has 0 aromatic heterocycles. The molecule has 1 amide bonds. The minimum atomic E-state index is 0.0764. The number of hydrogen-bond acceptors (Lipinski definition) is 1. The van der Waals surface area contributed by atoms with Gasteiger partial charge in [-0.05, 0) is 36.5 Å². The van der Waals surface area contributed by atoms with E-state index in [1.54, 1.807) is 0 Å². The van der Waals surface area contributed by atoms with E-state index in [2.05, 4.69) is 21.2 Å². The lowest BCUT2D eigenvalue weighted by Gasteiger charge is -2.27. The van der Waals surface area contributed by atoms with Crippen molar-refractivity contribution in [2.45, 2.75) is 37.5 Å². The third kappa shape index (κ3) is 4.81. The molecule has 0 aliphatic heterocycles. The van der Waals surface area contributed by atoms with Crippen LogP contribution in [0.15, 0.2) is 28.7 Å². The van der Waals surface area contributed by atoms with E-state index in [1.807, 2.05) is 24.3 Å². The Labute approximate surface area is 128 Å².